The molecule has 3 heterocycles. The molecule has 1 aromatic carbocycles. The van der Waals surface area contributed by atoms with Crippen molar-refractivity contribution in [1.82, 2.24) is 24.7 Å². The Kier molecular flexibility index (Phi) is 4.54. The van der Waals surface area contributed by atoms with E-state index in [0.717, 1.165) is 22.3 Å². The highest BCUT2D eigenvalue weighted by Gasteiger charge is 2.16. The second-order valence-electron chi connectivity index (χ2n) is 6.95. The van der Waals surface area contributed by atoms with E-state index in [4.69, 9.17) is 0 Å². The first-order valence-electron chi connectivity index (χ1n) is 9.04. The monoisotopic (exact) mass is 390 g/mol. The van der Waals surface area contributed by atoms with Gasteiger partial charge < -0.3 is 5.32 Å². The van der Waals surface area contributed by atoms with Crippen LogP contribution in [0.4, 0.5) is 10.1 Å². The summed E-state index contributed by atoms with van der Waals surface area (Å²) in [6, 6.07) is 6.43. The molecule has 0 saturated carbocycles. The van der Waals surface area contributed by atoms with Crippen LogP contribution in [0.3, 0.4) is 0 Å². The lowest BCUT2D eigenvalue weighted by molar-refractivity contribution is 0.101. The average molecular weight is 390 g/mol. The molecular weight excluding hydrogens is 371 g/mol. The zero-order chi connectivity index (χ0) is 20.7. The fourth-order valence-corrected chi connectivity index (χ4v) is 3.28. The lowest BCUT2D eigenvalue weighted by Gasteiger charge is -2.12. The number of fused-ring (bicyclic) bond motifs is 1. The molecular formula is C21H19FN6O. The van der Waals surface area contributed by atoms with E-state index in [9.17, 15) is 9.18 Å². The van der Waals surface area contributed by atoms with Crippen LogP contribution in [0.15, 0.2) is 36.7 Å². The summed E-state index contributed by atoms with van der Waals surface area (Å²) in [7, 11) is 1.65. The first-order chi connectivity index (χ1) is 13.8. The number of anilines is 1. The van der Waals surface area contributed by atoms with Crippen molar-refractivity contribution < 1.29 is 9.18 Å². The minimum absolute atomic E-state index is 0.0895. The largest absolute Gasteiger partial charge is 0.318 e. The molecule has 0 atom stereocenters. The maximum atomic E-state index is 14.8. The van der Waals surface area contributed by atoms with E-state index in [1.54, 1.807) is 25.4 Å². The van der Waals surface area contributed by atoms with Crippen molar-refractivity contribution in [2.45, 2.75) is 20.8 Å². The van der Waals surface area contributed by atoms with E-state index in [2.05, 4.69) is 25.4 Å². The molecule has 0 unspecified atom stereocenters. The number of rotatable bonds is 3. The molecule has 0 aliphatic carbocycles. The van der Waals surface area contributed by atoms with E-state index >= 15 is 0 Å². The number of hydrogen-bond acceptors (Lipinski definition) is 5. The normalized spacial score (nSPS) is 11.1. The van der Waals surface area contributed by atoms with Gasteiger partial charge in [0.25, 0.3) is 5.91 Å². The average Bonchev–Trinajstić information content (AvgIpc) is 3.10. The Labute approximate surface area is 166 Å². The van der Waals surface area contributed by atoms with Crippen molar-refractivity contribution >= 4 is 22.6 Å². The summed E-state index contributed by atoms with van der Waals surface area (Å²) in [6.07, 6.45) is 3.15. The SMILES string of the molecule is Cc1cc(C)c2nc(-c3cc(F)c(NC(=O)c4ccnn4C)cc3C)ncc2n1. The number of nitrogens with one attached hydrogen (secondary N) is 1. The molecule has 0 saturated heterocycles. The Morgan fingerprint density at radius 1 is 1.10 bits per heavy atom. The number of aromatic nitrogens is 5. The second kappa shape index (κ2) is 7.05. The first kappa shape index (κ1) is 18.7. The van der Waals surface area contributed by atoms with Crippen molar-refractivity contribution in [3.8, 4) is 11.4 Å². The van der Waals surface area contributed by atoms with Gasteiger partial charge in [-0.2, -0.15) is 5.10 Å². The third kappa shape index (κ3) is 3.44. The van der Waals surface area contributed by atoms with Gasteiger partial charge >= 0.3 is 0 Å². The summed E-state index contributed by atoms with van der Waals surface area (Å²) in [5.41, 5.74) is 5.02. The molecule has 8 heteroatoms. The lowest BCUT2D eigenvalue weighted by Crippen LogP contribution is -2.17. The van der Waals surface area contributed by atoms with Crippen molar-refractivity contribution in [2.75, 3.05) is 5.32 Å². The van der Waals surface area contributed by atoms with Crippen molar-refractivity contribution in [2.24, 2.45) is 7.05 Å². The summed E-state index contributed by atoms with van der Waals surface area (Å²) in [5.74, 6) is -0.592. The predicted molar refractivity (Wildman–Crippen MR) is 108 cm³/mol. The maximum absolute atomic E-state index is 14.8. The highest BCUT2D eigenvalue weighted by atomic mass is 19.1. The van der Waals surface area contributed by atoms with Crippen LogP contribution in [0.2, 0.25) is 0 Å². The smallest absolute Gasteiger partial charge is 0.273 e. The van der Waals surface area contributed by atoms with Crippen LogP contribution >= 0.6 is 0 Å². The molecule has 0 spiro atoms. The number of amides is 1. The Morgan fingerprint density at radius 3 is 2.62 bits per heavy atom. The maximum Gasteiger partial charge on any atom is 0.273 e. The van der Waals surface area contributed by atoms with E-state index in [1.807, 2.05) is 26.8 Å². The Hall–Kier alpha value is -3.68. The van der Waals surface area contributed by atoms with Crippen LogP contribution in [0.25, 0.3) is 22.4 Å². The molecule has 4 aromatic rings. The molecule has 0 aliphatic heterocycles. The molecule has 146 valence electrons. The molecule has 0 aliphatic rings. The van der Waals surface area contributed by atoms with Crippen molar-refractivity contribution in [1.29, 1.82) is 0 Å². The van der Waals surface area contributed by atoms with Crippen LogP contribution in [-0.2, 0) is 7.05 Å². The van der Waals surface area contributed by atoms with Gasteiger partial charge in [-0.05, 0) is 56.2 Å². The van der Waals surface area contributed by atoms with Gasteiger partial charge in [-0.1, -0.05) is 0 Å². The highest BCUT2D eigenvalue weighted by Crippen LogP contribution is 2.28. The van der Waals surface area contributed by atoms with Gasteiger partial charge in [0.2, 0.25) is 0 Å². The van der Waals surface area contributed by atoms with E-state index in [-0.39, 0.29) is 5.69 Å². The predicted octanol–water partition coefficient (Wildman–Crippen LogP) is 3.74. The second-order valence-corrected chi connectivity index (χ2v) is 6.95. The van der Waals surface area contributed by atoms with Crippen molar-refractivity contribution in [3.05, 3.63) is 65.0 Å². The highest BCUT2D eigenvalue weighted by molar-refractivity contribution is 6.03. The summed E-state index contributed by atoms with van der Waals surface area (Å²) in [6.45, 7) is 5.69. The third-order valence-corrected chi connectivity index (χ3v) is 4.72. The number of benzene rings is 1. The lowest BCUT2D eigenvalue weighted by atomic mass is 10.1. The Balaban J connectivity index is 1.71. The van der Waals surface area contributed by atoms with Crippen LogP contribution in [0.1, 0.15) is 27.3 Å². The van der Waals surface area contributed by atoms with E-state index in [1.165, 1.54) is 16.9 Å². The molecule has 7 nitrogen and oxygen atoms in total. The van der Waals surface area contributed by atoms with E-state index in [0.29, 0.717) is 22.6 Å². The molecule has 3 aromatic heterocycles. The molecule has 0 fully saturated rings. The van der Waals surface area contributed by atoms with Gasteiger partial charge in [0.15, 0.2) is 5.82 Å². The fourth-order valence-electron chi connectivity index (χ4n) is 3.28. The number of halogens is 1. The summed E-state index contributed by atoms with van der Waals surface area (Å²) in [4.78, 5) is 25.7. The number of hydrogen-bond donors (Lipinski definition) is 1. The van der Waals surface area contributed by atoms with Gasteiger partial charge in [-0.15, -0.1) is 0 Å². The Morgan fingerprint density at radius 2 is 1.90 bits per heavy atom. The van der Waals surface area contributed by atoms with Crippen molar-refractivity contribution in [3.63, 3.8) is 0 Å². The summed E-state index contributed by atoms with van der Waals surface area (Å²) in [5, 5.41) is 6.54. The minimum Gasteiger partial charge on any atom is -0.318 e. The molecule has 0 radical (unpaired) electrons. The van der Waals surface area contributed by atoms with Gasteiger partial charge in [-0.25, -0.2) is 19.3 Å². The van der Waals surface area contributed by atoms with Crippen LogP contribution in [-0.4, -0.2) is 30.6 Å². The van der Waals surface area contributed by atoms with Crippen LogP contribution in [0, 0.1) is 26.6 Å². The quantitative estimate of drug-likeness (QED) is 0.576. The zero-order valence-corrected chi connectivity index (χ0v) is 16.5. The van der Waals surface area contributed by atoms with Gasteiger partial charge in [0, 0.05) is 24.5 Å². The molecule has 1 N–H and O–H groups in total. The Bertz CT molecular complexity index is 1260. The standard InChI is InChI=1S/C21H19FN6O/c1-11-8-16(26-21(29)18-5-6-24-28(18)4)15(22)9-14(11)20-23-10-17-19(27-20)12(2)7-13(3)25-17/h5-10H,1-4H3,(H,26,29). The summed E-state index contributed by atoms with van der Waals surface area (Å²) >= 11 is 0. The minimum atomic E-state index is -0.566. The topological polar surface area (TPSA) is 85.6 Å². The molecule has 1 amide bonds. The van der Waals surface area contributed by atoms with Gasteiger partial charge in [0.1, 0.15) is 17.0 Å². The number of pyridine rings is 1. The molecule has 0 bridgehead atoms. The number of carbonyl (C=O) groups is 1. The number of nitrogens with zero attached hydrogens (tertiary/aromatic N) is 5. The van der Waals surface area contributed by atoms with Crippen LogP contribution < -0.4 is 5.32 Å². The zero-order valence-electron chi connectivity index (χ0n) is 16.5. The molecule has 4 rings (SSSR count). The number of carbonyl (C=O) groups excluding carboxylic acids is 1. The van der Waals surface area contributed by atoms with Gasteiger partial charge in [0.05, 0.1) is 17.4 Å². The molecule has 29 heavy (non-hydrogen) atoms. The van der Waals surface area contributed by atoms with Gasteiger partial charge in [-0.3, -0.25) is 9.48 Å². The fraction of sp³-hybridized carbons (Fsp3) is 0.190. The summed E-state index contributed by atoms with van der Waals surface area (Å²) < 4.78 is 16.2. The van der Waals surface area contributed by atoms with Crippen LogP contribution in [0.5, 0.6) is 0 Å². The first-order valence-corrected chi connectivity index (χ1v) is 9.04. The number of aryl methyl sites for hydroxylation is 4. The third-order valence-electron chi connectivity index (χ3n) is 4.72. The van der Waals surface area contributed by atoms with E-state index < -0.39 is 11.7 Å².